The summed E-state index contributed by atoms with van der Waals surface area (Å²) in [7, 11) is 0. The molecule has 0 unspecified atom stereocenters. The van der Waals surface area contributed by atoms with Crippen molar-refractivity contribution < 1.29 is 23.5 Å². The normalized spacial score (nSPS) is 10.6. The van der Waals surface area contributed by atoms with Crippen LogP contribution in [0.4, 0.5) is 0 Å². The van der Waals surface area contributed by atoms with Gasteiger partial charge in [0.05, 0.1) is 19.2 Å². The number of furan rings is 1. The van der Waals surface area contributed by atoms with Crippen molar-refractivity contribution in [3.8, 4) is 0 Å². The van der Waals surface area contributed by atoms with Crippen LogP contribution in [-0.2, 0) is 25.5 Å². The van der Waals surface area contributed by atoms with Gasteiger partial charge in [-0.15, -0.1) is 0 Å². The minimum absolute atomic E-state index is 0.0137. The number of fused-ring (bicyclic) bond motifs is 1. The first-order valence-electron chi connectivity index (χ1n) is 8.57. The lowest BCUT2D eigenvalue weighted by molar-refractivity contribution is -0.147. The van der Waals surface area contributed by atoms with Gasteiger partial charge < -0.3 is 19.8 Å². The Hall–Kier alpha value is -2.83. The van der Waals surface area contributed by atoms with E-state index in [0.717, 1.165) is 22.9 Å². The van der Waals surface area contributed by atoms with E-state index >= 15 is 0 Å². The van der Waals surface area contributed by atoms with Gasteiger partial charge in [-0.25, -0.2) is 0 Å². The number of rotatable bonds is 8. The van der Waals surface area contributed by atoms with Gasteiger partial charge in [0, 0.05) is 17.5 Å². The van der Waals surface area contributed by atoms with Crippen molar-refractivity contribution in [2.45, 2.75) is 33.6 Å². The molecule has 0 aliphatic carbocycles. The fraction of sp³-hybridized carbons (Fsp3) is 0.421. The number of aryl methyl sites for hydroxylation is 2. The average Bonchev–Trinajstić information content (AvgIpc) is 2.98. The van der Waals surface area contributed by atoms with Gasteiger partial charge in [0.1, 0.15) is 5.58 Å². The Kier molecular flexibility index (Phi) is 6.77. The Morgan fingerprint density at radius 1 is 1.08 bits per heavy atom. The summed E-state index contributed by atoms with van der Waals surface area (Å²) in [4.78, 5) is 35.0. The van der Waals surface area contributed by atoms with Gasteiger partial charge in [0.25, 0.3) is 5.91 Å². The maximum atomic E-state index is 12.0. The summed E-state index contributed by atoms with van der Waals surface area (Å²) in [6, 6.07) is 3.90. The van der Waals surface area contributed by atoms with Crippen LogP contribution in [0, 0.1) is 13.8 Å². The highest BCUT2D eigenvalue weighted by Crippen LogP contribution is 2.25. The monoisotopic (exact) mass is 360 g/mol. The van der Waals surface area contributed by atoms with E-state index in [0.29, 0.717) is 17.7 Å². The van der Waals surface area contributed by atoms with Crippen LogP contribution in [0.5, 0.6) is 0 Å². The summed E-state index contributed by atoms with van der Waals surface area (Å²) < 4.78 is 10.4. The Labute approximate surface area is 152 Å². The first kappa shape index (κ1) is 19.5. The zero-order valence-electron chi connectivity index (χ0n) is 15.3. The third kappa shape index (κ3) is 5.34. The molecule has 0 fully saturated rings. The molecule has 0 saturated carbocycles. The summed E-state index contributed by atoms with van der Waals surface area (Å²) >= 11 is 0. The molecule has 7 heteroatoms. The van der Waals surface area contributed by atoms with E-state index in [9.17, 15) is 14.4 Å². The predicted molar refractivity (Wildman–Crippen MR) is 96.7 cm³/mol. The lowest BCUT2D eigenvalue weighted by Gasteiger charge is -2.07. The van der Waals surface area contributed by atoms with Crippen LogP contribution < -0.4 is 10.6 Å². The molecule has 2 aromatic rings. The number of amides is 2. The van der Waals surface area contributed by atoms with Crippen molar-refractivity contribution in [2.24, 2.45) is 0 Å². The lowest BCUT2D eigenvalue weighted by Crippen LogP contribution is -2.39. The molecule has 0 bridgehead atoms. The average molecular weight is 360 g/mol. The molecule has 140 valence electrons. The van der Waals surface area contributed by atoms with Crippen LogP contribution in [0.2, 0.25) is 0 Å². The molecule has 0 aliphatic rings. The molecule has 0 spiro atoms. The maximum absolute atomic E-state index is 12.0. The zero-order valence-corrected chi connectivity index (χ0v) is 15.3. The van der Waals surface area contributed by atoms with E-state index in [-0.39, 0.29) is 18.9 Å². The van der Waals surface area contributed by atoms with E-state index in [2.05, 4.69) is 10.6 Å². The quantitative estimate of drug-likeness (QED) is 0.699. The van der Waals surface area contributed by atoms with Gasteiger partial charge in [0.2, 0.25) is 5.91 Å². The van der Waals surface area contributed by atoms with Gasteiger partial charge in [-0.05, 0) is 43.5 Å². The molecular weight excluding hydrogens is 336 g/mol. The zero-order chi connectivity index (χ0) is 19.1. The molecule has 1 aromatic heterocycles. The summed E-state index contributed by atoms with van der Waals surface area (Å²) in [5.74, 6) is -1.33. The van der Waals surface area contributed by atoms with Crippen molar-refractivity contribution in [3.05, 3.63) is 35.1 Å². The predicted octanol–water partition coefficient (Wildman–Crippen LogP) is 1.78. The summed E-state index contributed by atoms with van der Waals surface area (Å²) in [5.41, 5.74) is 3.65. The number of hydrogen-bond donors (Lipinski definition) is 2. The molecule has 0 saturated heterocycles. The first-order chi connectivity index (χ1) is 12.4. The first-order valence-corrected chi connectivity index (χ1v) is 8.57. The van der Waals surface area contributed by atoms with Crippen molar-refractivity contribution in [3.63, 3.8) is 0 Å². The van der Waals surface area contributed by atoms with E-state index in [1.165, 1.54) is 6.26 Å². The molecule has 1 heterocycles. The molecular formula is C19H24N2O5. The lowest BCUT2D eigenvalue weighted by atomic mass is 10.0. The number of esters is 1. The Morgan fingerprint density at radius 3 is 2.54 bits per heavy atom. The van der Waals surface area contributed by atoms with E-state index in [1.807, 2.05) is 32.9 Å². The number of carbonyl (C=O) groups is 3. The van der Waals surface area contributed by atoms with E-state index in [4.69, 9.17) is 9.15 Å². The minimum atomic E-state index is -0.531. The molecule has 1 aromatic carbocycles. The minimum Gasteiger partial charge on any atom is -0.464 e. The van der Waals surface area contributed by atoms with Crippen LogP contribution in [0.15, 0.2) is 22.8 Å². The summed E-state index contributed by atoms with van der Waals surface area (Å²) in [6.45, 7) is 5.91. The molecule has 7 nitrogen and oxygen atoms in total. The van der Waals surface area contributed by atoms with Gasteiger partial charge >= 0.3 is 5.97 Å². The van der Waals surface area contributed by atoms with Crippen molar-refractivity contribution in [1.29, 1.82) is 0 Å². The summed E-state index contributed by atoms with van der Waals surface area (Å²) in [5, 5.41) is 5.90. The van der Waals surface area contributed by atoms with Crippen molar-refractivity contribution >= 4 is 28.8 Å². The van der Waals surface area contributed by atoms with Crippen LogP contribution >= 0.6 is 0 Å². The third-order valence-corrected chi connectivity index (χ3v) is 3.99. The fourth-order valence-corrected chi connectivity index (χ4v) is 2.38. The maximum Gasteiger partial charge on any atom is 0.310 e. The molecule has 0 atom stereocenters. The Morgan fingerprint density at radius 2 is 1.81 bits per heavy atom. The number of carbonyl (C=O) groups excluding carboxylic acids is 3. The molecule has 0 radical (unpaired) electrons. The third-order valence-electron chi connectivity index (χ3n) is 3.99. The Balaban J connectivity index is 1.81. The van der Waals surface area contributed by atoms with Crippen molar-refractivity contribution in [1.82, 2.24) is 10.6 Å². The second kappa shape index (κ2) is 9.03. The SMILES string of the molecule is CCCNC(=O)CNC(=O)COC(=O)Cc1coc2cc(C)c(C)cc12. The summed E-state index contributed by atoms with van der Waals surface area (Å²) in [6.07, 6.45) is 2.36. The largest absolute Gasteiger partial charge is 0.464 e. The Bertz CT molecular complexity index is 810. The number of hydrogen-bond acceptors (Lipinski definition) is 5. The molecule has 0 aliphatic heterocycles. The smallest absolute Gasteiger partial charge is 0.310 e. The molecule has 2 N–H and O–H groups in total. The van der Waals surface area contributed by atoms with Gasteiger partial charge in [-0.3, -0.25) is 14.4 Å². The number of ether oxygens (including phenoxy) is 1. The van der Waals surface area contributed by atoms with E-state index in [1.54, 1.807) is 0 Å². The highest BCUT2D eigenvalue weighted by atomic mass is 16.5. The van der Waals surface area contributed by atoms with Gasteiger partial charge in [0.15, 0.2) is 6.61 Å². The van der Waals surface area contributed by atoms with Crippen LogP contribution in [0.25, 0.3) is 11.0 Å². The second-order valence-electron chi connectivity index (χ2n) is 6.16. The van der Waals surface area contributed by atoms with Crippen LogP contribution in [-0.4, -0.2) is 37.5 Å². The fourth-order valence-electron chi connectivity index (χ4n) is 2.38. The highest BCUT2D eigenvalue weighted by molar-refractivity contribution is 5.88. The number of nitrogens with one attached hydrogen (secondary N) is 2. The topological polar surface area (TPSA) is 97.6 Å². The van der Waals surface area contributed by atoms with Crippen molar-refractivity contribution in [2.75, 3.05) is 19.7 Å². The van der Waals surface area contributed by atoms with Crippen LogP contribution in [0.1, 0.15) is 30.0 Å². The van der Waals surface area contributed by atoms with E-state index < -0.39 is 18.5 Å². The van der Waals surface area contributed by atoms with Gasteiger partial charge in [-0.2, -0.15) is 0 Å². The number of benzene rings is 1. The molecule has 2 rings (SSSR count). The second-order valence-corrected chi connectivity index (χ2v) is 6.16. The highest BCUT2D eigenvalue weighted by Gasteiger charge is 2.14. The van der Waals surface area contributed by atoms with Crippen LogP contribution in [0.3, 0.4) is 0 Å². The molecule has 2 amide bonds. The standard InChI is InChI=1S/C19H24N2O5/c1-4-5-20-17(22)9-21-18(23)11-26-19(24)8-14-10-25-16-7-13(3)12(2)6-15(14)16/h6-7,10H,4-5,8-9,11H2,1-3H3,(H,20,22)(H,21,23). The van der Waals surface area contributed by atoms with Gasteiger partial charge in [-0.1, -0.05) is 6.92 Å². The molecule has 26 heavy (non-hydrogen) atoms.